The zero-order chi connectivity index (χ0) is 15.8. The molecule has 124 valence electrons. The predicted octanol–water partition coefficient (Wildman–Crippen LogP) is 0.892. The van der Waals surface area contributed by atoms with Gasteiger partial charge >= 0.3 is 0 Å². The summed E-state index contributed by atoms with van der Waals surface area (Å²) in [6.45, 7) is 11.7. The van der Waals surface area contributed by atoms with Crippen LogP contribution in [-0.4, -0.2) is 67.6 Å². The highest BCUT2D eigenvalue weighted by Gasteiger charge is 2.25. The molecule has 0 spiro atoms. The third-order valence-corrected chi connectivity index (χ3v) is 4.35. The van der Waals surface area contributed by atoms with E-state index in [1.807, 2.05) is 6.92 Å². The van der Waals surface area contributed by atoms with Gasteiger partial charge < -0.3 is 16.0 Å². The lowest BCUT2D eigenvalue weighted by Gasteiger charge is -2.39. The standard InChI is InChI=1S/C16H34N4O/c1-13(2)15(20-10-8-19(4)9-11-20)12-18-16(21)7-5-6-14(3)17/h13-15H,5-12,17H2,1-4H3,(H,18,21). The van der Waals surface area contributed by atoms with Crippen molar-refractivity contribution < 1.29 is 4.79 Å². The fourth-order valence-electron chi connectivity index (χ4n) is 2.83. The molecule has 1 saturated heterocycles. The number of nitrogens with zero attached hydrogens (tertiary/aromatic N) is 2. The van der Waals surface area contributed by atoms with E-state index in [1.54, 1.807) is 0 Å². The van der Waals surface area contributed by atoms with Crippen LogP contribution in [-0.2, 0) is 4.79 Å². The quantitative estimate of drug-likeness (QED) is 0.699. The summed E-state index contributed by atoms with van der Waals surface area (Å²) in [4.78, 5) is 16.8. The van der Waals surface area contributed by atoms with Gasteiger partial charge in [-0.3, -0.25) is 9.69 Å². The summed E-state index contributed by atoms with van der Waals surface area (Å²) in [6, 6.07) is 0.627. The summed E-state index contributed by atoms with van der Waals surface area (Å²) in [5, 5.41) is 3.11. The first-order chi connectivity index (χ1) is 9.90. The van der Waals surface area contributed by atoms with Crippen LogP contribution in [0.25, 0.3) is 0 Å². The molecule has 2 unspecified atom stereocenters. The molecule has 1 amide bonds. The largest absolute Gasteiger partial charge is 0.355 e. The molecule has 1 fully saturated rings. The lowest BCUT2D eigenvalue weighted by molar-refractivity contribution is -0.121. The maximum Gasteiger partial charge on any atom is 0.220 e. The molecule has 0 radical (unpaired) electrons. The first-order valence-corrected chi connectivity index (χ1v) is 8.35. The zero-order valence-corrected chi connectivity index (χ0v) is 14.3. The van der Waals surface area contributed by atoms with Gasteiger partial charge in [0.2, 0.25) is 5.91 Å². The summed E-state index contributed by atoms with van der Waals surface area (Å²) in [7, 11) is 2.17. The van der Waals surface area contributed by atoms with Crippen molar-refractivity contribution >= 4 is 5.91 Å². The summed E-state index contributed by atoms with van der Waals surface area (Å²) in [6.07, 6.45) is 2.39. The van der Waals surface area contributed by atoms with Gasteiger partial charge in [-0.05, 0) is 32.7 Å². The van der Waals surface area contributed by atoms with Gasteiger partial charge in [0.05, 0.1) is 0 Å². The van der Waals surface area contributed by atoms with Crippen molar-refractivity contribution in [1.29, 1.82) is 0 Å². The molecule has 1 aliphatic heterocycles. The minimum Gasteiger partial charge on any atom is -0.355 e. The van der Waals surface area contributed by atoms with Crippen LogP contribution in [0.5, 0.6) is 0 Å². The SMILES string of the molecule is CC(N)CCCC(=O)NCC(C(C)C)N1CCN(C)CC1. The van der Waals surface area contributed by atoms with Crippen LogP contribution in [0.2, 0.25) is 0 Å². The molecular formula is C16H34N4O. The monoisotopic (exact) mass is 298 g/mol. The Bertz CT molecular complexity index is 299. The molecule has 5 heteroatoms. The number of hydrogen-bond acceptors (Lipinski definition) is 4. The van der Waals surface area contributed by atoms with Crippen LogP contribution in [0, 0.1) is 5.92 Å². The normalized spacial score (nSPS) is 20.5. The Morgan fingerprint density at radius 3 is 2.33 bits per heavy atom. The molecule has 1 rings (SSSR count). The van der Waals surface area contributed by atoms with Gasteiger partial charge in [0.25, 0.3) is 0 Å². The van der Waals surface area contributed by atoms with E-state index in [-0.39, 0.29) is 11.9 Å². The van der Waals surface area contributed by atoms with Gasteiger partial charge in [-0.2, -0.15) is 0 Å². The Balaban J connectivity index is 2.32. The van der Waals surface area contributed by atoms with Crippen molar-refractivity contribution in [3.05, 3.63) is 0 Å². The van der Waals surface area contributed by atoms with Gasteiger partial charge in [-0.15, -0.1) is 0 Å². The second-order valence-corrected chi connectivity index (χ2v) is 6.82. The Morgan fingerprint density at radius 2 is 1.81 bits per heavy atom. The Morgan fingerprint density at radius 1 is 1.19 bits per heavy atom. The molecule has 0 aromatic rings. The van der Waals surface area contributed by atoms with E-state index < -0.39 is 0 Å². The molecule has 0 aliphatic carbocycles. The molecule has 0 aromatic heterocycles. The molecule has 0 saturated carbocycles. The number of nitrogens with one attached hydrogen (secondary N) is 1. The van der Waals surface area contributed by atoms with Gasteiger partial charge in [0, 0.05) is 51.2 Å². The maximum absolute atomic E-state index is 11.9. The number of piperazine rings is 1. The van der Waals surface area contributed by atoms with Gasteiger partial charge in [0.1, 0.15) is 0 Å². The highest BCUT2D eigenvalue weighted by molar-refractivity contribution is 5.75. The van der Waals surface area contributed by atoms with Crippen molar-refractivity contribution in [2.24, 2.45) is 11.7 Å². The van der Waals surface area contributed by atoms with Crippen molar-refractivity contribution in [2.75, 3.05) is 39.8 Å². The molecule has 2 atom stereocenters. The van der Waals surface area contributed by atoms with E-state index in [1.165, 1.54) is 0 Å². The summed E-state index contributed by atoms with van der Waals surface area (Å²) in [5.74, 6) is 0.716. The summed E-state index contributed by atoms with van der Waals surface area (Å²) >= 11 is 0. The van der Waals surface area contributed by atoms with Crippen molar-refractivity contribution in [2.45, 2.75) is 52.1 Å². The van der Waals surface area contributed by atoms with E-state index in [0.717, 1.165) is 45.6 Å². The van der Waals surface area contributed by atoms with Gasteiger partial charge in [0.15, 0.2) is 0 Å². The number of carbonyl (C=O) groups is 1. The van der Waals surface area contributed by atoms with Crippen LogP contribution in [0.4, 0.5) is 0 Å². The molecule has 0 bridgehead atoms. The van der Waals surface area contributed by atoms with Gasteiger partial charge in [-0.1, -0.05) is 13.8 Å². The summed E-state index contributed by atoms with van der Waals surface area (Å²) < 4.78 is 0. The van der Waals surface area contributed by atoms with Crippen molar-refractivity contribution in [3.8, 4) is 0 Å². The zero-order valence-electron chi connectivity index (χ0n) is 14.3. The smallest absolute Gasteiger partial charge is 0.220 e. The fraction of sp³-hybridized carbons (Fsp3) is 0.938. The molecule has 5 nitrogen and oxygen atoms in total. The molecule has 0 aromatic carbocycles. The van der Waals surface area contributed by atoms with Crippen LogP contribution in [0.15, 0.2) is 0 Å². The average molecular weight is 298 g/mol. The highest BCUT2D eigenvalue weighted by Crippen LogP contribution is 2.13. The lowest BCUT2D eigenvalue weighted by atomic mass is 10.0. The lowest BCUT2D eigenvalue weighted by Crippen LogP contribution is -2.54. The Kier molecular flexibility index (Phi) is 8.22. The van der Waals surface area contributed by atoms with E-state index in [0.29, 0.717) is 18.4 Å². The molecule has 3 N–H and O–H groups in total. The number of rotatable bonds is 8. The number of likely N-dealkylation sites (N-methyl/N-ethyl adjacent to an activating group) is 1. The van der Waals surface area contributed by atoms with Crippen molar-refractivity contribution in [3.63, 3.8) is 0 Å². The van der Waals surface area contributed by atoms with E-state index in [9.17, 15) is 4.79 Å². The topological polar surface area (TPSA) is 61.6 Å². The molecule has 1 heterocycles. The first-order valence-electron chi connectivity index (χ1n) is 8.35. The predicted molar refractivity (Wildman–Crippen MR) is 88.2 cm³/mol. The van der Waals surface area contributed by atoms with Crippen molar-refractivity contribution in [1.82, 2.24) is 15.1 Å². The van der Waals surface area contributed by atoms with E-state index in [4.69, 9.17) is 5.73 Å². The highest BCUT2D eigenvalue weighted by atomic mass is 16.1. The summed E-state index contributed by atoms with van der Waals surface area (Å²) in [5.41, 5.74) is 5.71. The van der Waals surface area contributed by atoms with Crippen LogP contribution in [0.3, 0.4) is 0 Å². The van der Waals surface area contributed by atoms with E-state index >= 15 is 0 Å². The minimum atomic E-state index is 0.162. The second kappa shape index (κ2) is 9.38. The third-order valence-electron chi connectivity index (χ3n) is 4.35. The fourth-order valence-corrected chi connectivity index (χ4v) is 2.83. The molecule has 21 heavy (non-hydrogen) atoms. The van der Waals surface area contributed by atoms with Crippen LogP contribution in [0.1, 0.15) is 40.0 Å². The van der Waals surface area contributed by atoms with Crippen LogP contribution < -0.4 is 11.1 Å². The van der Waals surface area contributed by atoms with E-state index in [2.05, 4.69) is 36.0 Å². The number of carbonyl (C=O) groups excluding carboxylic acids is 1. The Hall–Kier alpha value is -0.650. The van der Waals surface area contributed by atoms with Gasteiger partial charge in [-0.25, -0.2) is 0 Å². The minimum absolute atomic E-state index is 0.162. The third kappa shape index (κ3) is 7.25. The number of nitrogens with two attached hydrogens (primary N) is 1. The maximum atomic E-state index is 11.9. The number of amides is 1. The average Bonchev–Trinajstić information content (AvgIpc) is 2.40. The molecule has 1 aliphatic rings. The first kappa shape index (κ1) is 18.4. The molecular weight excluding hydrogens is 264 g/mol. The van der Waals surface area contributed by atoms with Crippen LogP contribution >= 0.6 is 0 Å². The number of hydrogen-bond donors (Lipinski definition) is 2. The second-order valence-electron chi connectivity index (χ2n) is 6.82. The Labute approximate surface area is 130 Å².